The molecule has 0 spiro atoms. The highest BCUT2D eigenvalue weighted by atomic mass is 16.7. The fraction of sp³-hybridized carbons (Fsp3) is 0.500. The average molecular weight is 356 g/mol. The van der Waals surface area contributed by atoms with Crippen LogP contribution in [0.5, 0.6) is 0 Å². The average Bonchev–Trinajstić information content (AvgIpc) is 3.40. The molecule has 6 atom stereocenters. The van der Waals surface area contributed by atoms with Crippen molar-refractivity contribution in [3.63, 3.8) is 0 Å². The summed E-state index contributed by atoms with van der Waals surface area (Å²) in [4.78, 5) is 23.9. The van der Waals surface area contributed by atoms with Crippen molar-refractivity contribution in [3.05, 3.63) is 47.5 Å². The zero-order chi connectivity index (χ0) is 18.3. The maximum absolute atomic E-state index is 12.4. The van der Waals surface area contributed by atoms with Crippen LogP contribution in [0.25, 0.3) is 0 Å². The predicted molar refractivity (Wildman–Crippen MR) is 89.6 cm³/mol. The molecule has 3 saturated heterocycles. The first-order chi connectivity index (χ1) is 12.4. The summed E-state index contributed by atoms with van der Waals surface area (Å²) >= 11 is 0. The molecule has 3 fully saturated rings. The molecular formula is C20H20O6. The maximum atomic E-state index is 12.4. The van der Waals surface area contributed by atoms with Crippen LogP contribution in [0.4, 0.5) is 0 Å². The van der Waals surface area contributed by atoms with Crippen LogP contribution >= 0.6 is 0 Å². The van der Waals surface area contributed by atoms with Crippen LogP contribution in [-0.4, -0.2) is 35.7 Å². The van der Waals surface area contributed by atoms with Gasteiger partial charge in [0.05, 0.1) is 5.56 Å². The molecule has 6 nitrogen and oxygen atoms in total. The minimum atomic E-state index is -0.978. The zero-order valence-corrected chi connectivity index (χ0v) is 14.7. The number of esters is 1. The number of aldehydes is 1. The Kier molecular flexibility index (Phi) is 3.06. The molecule has 5 heterocycles. The smallest absolute Gasteiger partial charge is 0.345 e. The van der Waals surface area contributed by atoms with Crippen LogP contribution in [0.15, 0.2) is 34.8 Å². The SMILES string of the molecule is C=C(C)C1C=CC23OC2C(CC2(C)OC2c2cc(C=O)c(o2)C1)OC3=O. The van der Waals surface area contributed by atoms with E-state index in [1.807, 2.05) is 19.9 Å². The summed E-state index contributed by atoms with van der Waals surface area (Å²) in [5.74, 6) is 0.836. The molecule has 6 heteroatoms. The molecule has 0 radical (unpaired) electrons. The third-order valence-corrected chi connectivity index (χ3v) is 5.95. The highest BCUT2D eigenvalue weighted by Crippen LogP contribution is 2.57. The molecule has 5 rings (SSSR count). The third-order valence-electron chi connectivity index (χ3n) is 5.95. The number of carbonyl (C=O) groups excluding carboxylic acids is 2. The van der Waals surface area contributed by atoms with E-state index in [4.69, 9.17) is 18.6 Å². The molecule has 0 N–H and O–H groups in total. The summed E-state index contributed by atoms with van der Waals surface area (Å²) in [5.41, 5.74) is -0.0272. The zero-order valence-electron chi connectivity index (χ0n) is 14.7. The van der Waals surface area contributed by atoms with Crippen molar-refractivity contribution in [2.45, 2.75) is 56.2 Å². The monoisotopic (exact) mass is 356 g/mol. The largest absolute Gasteiger partial charge is 0.462 e. The topological polar surface area (TPSA) is 81.6 Å². The first-order valence-corrected chi connectivity index (χ1v) is 8.85. The van der Waals surface area contributed by atoms with E-state index in [-0.39, 0.29) is 30.2 Å². The van der Waals surface area contributed by atoms with Crippen molar-refractivity contribution < 1.29 is 28.2 Å². The number of rotatable bonds is 2. The quantitative estimate of drug-likeness (QED) is 0.351. The van der Waals surface area contributed by atoms with E-state index < -0.39 is 11.2 Å². The molecule has 0 aromatic carbocycles. The highest BCUT2D eigenvalue weighted by Gasteiger charge is 2.73. The Morgan fingerprint density at radius 1 is 1.38 bits per heavy atom. The molecule has 26 heavy (non-hydrogen) atoms. The summed E-state index contributed by atoms with van der Waals surface area (Å²) in [6, 6.07) is 1.75. The summed E-state index contributed by atoms with van der Waals surface area (Å²) in [5, 5.41) is 0. The number of furan rings is 1. The third kappa shape index (κ3) is 2.12. The van der Waals surface area contributed by atoms with Crippen molar-refractivity contribution in [2.24, 2.45) is 5.92 Å². The Labute approximate surface area is 150 Å². The van der Waals surface area contributed by atoms with Crippen LogP contribution in [0.2, 0.25) is 0 Å². The fourth-order valence-corrected chi connectivity index (χ4v) is 4.20. The summed E-state index contributed by atoms with van der Waals surface area (Å²) < 4.78 is 23.2. The standard InChI is InChI=1S/C20H20O6/c1-10(2)11-4-5-20-17(26-20)15(24-18(20)22)8-19(3)16(25-19)14-7-12(9-21)13(6-11)23-14/h4-5,7,9,11,15-17H,1,6,8H2,2-3H3. The summed E-state index contributed by atoms with van der Waals surface area (Å²) in [7, 11) is 0. The van der Waals surface area contributed by atoms with Crippen molar-refractivity contribution in [2.75, 3.05) is 0 Å². The van der Waals surface area contributed by atoms with E-state index in [2.05, 4.69) is 6.58 Å². The molecule has 4 bridgehead atoms. The van der Waals surface area contributed by atoms with Crippen LogP contribution in [0.3, 0.4) is 0 Å². The van der Waals surface area contributed by atoms with Crippen LogP contribution in [-0.2, 0) is 25.4 Å². The number of hydrogen-bond acceptors (Lipinski definition) is 6. The normalized spacial score (nSPS) is 42.5. The van der Waals surface area contributed by atoms with Gasteiger partial charge in [-0.05, 0) is 26.0 Å². The van der Waals surface area contributed by atoms with E-state index in [0.29, 0.717) is 29.9 Å². The van der Waals surface area contributed by atoms with E-state index in [9.17, 15) is 9.59 Å². The lowest BCUT2D eigenvalue weighted by Crippen LogP contribution is -2.24. The van der Waals surface area contributed by atoms with Gasteiger partial charge in [-0.2, -0.15) is 0 Å². The number of fused-ring (bicyclic) bond motifs is 4. The molecule has 4 aliphatic heterocycles. The fourth-order valence-electron chi connectivity index (χ4n) is 4.20. The van der Waals surface area contributed by atoms with E-state index in [1.54, 1.807) is 12.1 Å². The van der Waals surface area contributed by atoms with E-state index in [1.165, 1.54) is 0 Å². The number of ether oxygens (including phenoxy) is 3. The van der Waals surface area contributed by atoms with Crippen LogP contribution < -0.4 is 0 Å². The lowest BCUT2D eigenvalue weighted by molar-refractivity contribution is -0.152. The lowest BCUT2D eigenvalue weighted by atomic mass is 9.91. The summed E-state index contributed by atoms with van der Waals surface area (Å²) in [6.45, 7) is 7.91. The van der Waals surface area contributed by atoms with Gasteiger partial charge in [0, 0.05) is 18.8 Å². The second-order valence-electron chi connectivity index (χ2n) is 7.95. The maximum Gasteiger partial charge on any atom is 0.345 e. The number of epoxide rings is 2. The molecule has 4 aliphatic rings. The van der Waals surface area contributed by atoms with Gasteiger partial charge in [0.2, 0.25) is 5.60 Å². The molecular weight excluding hydrogens is 336 g/mol. The van der Waals surface area contributed by atoms with Crippen molar-refractivity contribution in [1.82, 2.24) is 0 Å². The Hall–Kier alpha value is -2.18. The van der Waals surface area contributed by atoms with Gasteiger partial charge in [-0.3, -0.25) is 4.79 Å². The molecule has 1 aromatic rings. The Balaban J connectivity index is 1.58. The van der Waals surface area contributed by atoms with Gasteiger partial charge < -0.3 is 18.6 Å². The van der Waals surface area contributed by atoms with Gasteiger partial charge in [0.15, 0.2) is 6.29 Å². The van der Waals surface area contributed by atoms with Gasteiger partial charge >= 0.3 is 5.97 Å². The lowest BCUT2D eigenvalue weighted by Gasteiger charge is -2.14. The predicted octanol–water partition coefficient (Wildman–Crippen LogP) is 2.68. The van der Waals surface area contributed by atoms with Gasteiger partial charge in [0.1, 0.15) is 35.4 Å². The molecule has 6 unspecified atom stereocenters. The molecule has 0 saturated carbocycles. The summed E-state index contributed by atoms with van der Waals surface area (Å²) in [6.07, 6.45) is 4.67. The van der Waals surface area contributed by atoms with Gasteiger partial charge in [-0.25, -0.2) is 4.79 Å². The number of carbonyl (C=O) groups is 2. The van der Waals surface area contributed by atoms with E-state index in [0.717, 1.165) is 11.9 Å². The first kappa shape index (κ1) is 16.0. The van der Waals surface area contributed by atoms with Crippen molar-refractivity contribution in [3.8, 4) is 0 Å². The Morgan fingerprint density at radius 2 is 2.19 bits per heavy atom. The Bertz CT molecular complexity index is 866. The molecule has 0 amide bonds. The minimum absolute atomic E-state index is 0.0777. The Morgan fingerprint density at radius 3 is 2.88 bits per heavy atom. The van der Waals surface area contributed by atoms with Gasteiger partial charge in [0.25, 0.3) is 0 Å². The van der Waals surface area contributed by atoms with E-state index >= 15 is 0 Å². The van der Waals surface area contributed by atoms with Gasteiger partial charge in [-0.15, -0.1) is 0 Å². The number of allylic oxidation sites excluding steroid dienone is 2. The number of hydrogen-bond donors (Lipinski definition) is 0. The molecule has 0 aliphatic carbocycles. The van der Waals surface area contributed by atoms with Crippen molar-refractivity contribution in [1.29, 1.82) is 0 Å². The minimum Gasteiger partial charge on any atom is -0.462 e. The van der Waals surface area contributed by atoms with Gasteiger partial charge in [-0.1, -0.05) is 18.2 Å². The first-order valence-electron chi connectivity index (χ1n) is 8.85. The van der Waals surface area contributed by atoms with Crippen molar-refractivity contribution >= 4 is 12.3 Å². The highest BCUT2D eigenvalue weighted by molar-refractivity contribution is 5.89. The molecule has 1 aromatic heterocycles. The second kappa shape index (κ2) is 4.96. The van der Waals surface area contributed by atoms with Crippen LogP contribution in [0.1, 0.15) is 48.3 Å². The van der Waals surface area contributed by atoms with Crippen LogP contribution in [0, 0.1) is 5.92 Å². The second-order valence-corrected chi connectivity index (χ2v) is 7.95. The molecule has 136 valence electrons.